The van der Waals surface area contributed by atoms with Crippen LogP contribution in [0, 0.1) is 0 Å². The van der Waals surface area contributed by atoms with Crippen LogP contribution in [0.2, 0.25) is 0 Å². The number of benzene rings is 3. The highest BCUT2D eigenvalue weighted by Gasteiger charge is 2.15. The minimum Gasteiger partial charge on any atom is -0.497 e. The number of hydrogen-bond donors (Lipinski definition) is 1. The quantitative estimate of drug-likeness (QED) is 0.641. The Labute approximate surface area is 167 Å². The van der Waals surface area contributed by atoms with E-state index >= 15 is 0 Å². The molecule has 146 valence electrons. The molecule has 4 nitrogen and oxygen atoms in total. The topological polar surface area (TPSA) is 41.6 Å². The van der Waals surface area contributed by atoms with Crippen molar-refractivity contribution in [3.05, 3.63) is 77.9 Å². The third-order valence-corrected chi connectivity index (χ3v) is 5.07. The Morgan fingerprint density at radius 3 is 2.39 bits per heavy atom. The molecule has 0 saturated heterocycles. The van der Waals surface area contributed by atoms with Crippen LogP contribution in [0.4, 0.5) is 0 Å². The number of aryl methyl sites for hydroxylation is 1. The van der Waals surface area contributed by atoms with Crippen molar-refractivity contribution < 1.29 is 9.53 Å². The van der Waals surface area contributed by atoms with Crippen LogP contribution in [0.3, 0.4) is 0 Å². The second-order valence-corrected chi connectivity index (χ2v) is 7.24. The van der Waals surface area contributed by atoms with E-state index in [-0.39, 0.29) is 11.9 Å². The number of hydrogen-bond acceptors (Lipinski definition) is 3. The van der Waals surface area contributed by atoms with Crippen LogP contribution in [-0.4, -0.2) is 38.6 Å². The first-order chi connectivity index (χ1) is 13.6. The van der Waals surface area contributed by atoms with Gasteiger partial charge in [-0.1, -0.05) is 54.6 Å². The lowest BCUT2D eigenvalue weighted by molar-refractivity contribution is -0.121. The van der Waals surface area contributed by atoms with Crippen molar-refractivity contribution in [2.24, 2.45) is 0 Å². The average Bonchev–Trinajstić information content (AvgIpc) is 2.72. The van der Waals surface area contributed by atoms with E-state index in [0.717, 1.165) is 17.7 Å². The minimum atomic E-state index is 0.0773. The highest BCUT2D eigenvalue weighted by Crippen LogP contribution is 2.21. The first-order valence-electron chi connectivity index (χ1n) is 9.61. The summed E-state index contributed by atoms with van der Waals surface area (Å²) < 4.78 is 5.22. The molecule has 1 N–H and O–H groups in total. The van der Waals surface area contributed by atoms with Gasteiger partial charge in [0.15, 0.2) is 0 Å². The lowest BCUT2D eigenvalue weighted by Crippen LogP contribution is -2.34. The molecule has 3 rings (SSSR count). The summed E-state index contributed by atoms with van der Waals surface area (Å²) in [6.45, 7) is 0.579. The van der Waals surface area contributed by atoms with Crippen molar-refractivity contribution in [2.75, 3.05) is 27.7 Å². The van der Waals surface area contributed by atoms with Crippen molar-refractivity contribution in [1.82, 2.24) is 10.2 Å². The summed E-state index contributed by atoms with van der Waals surface area (Å²) in [5.74, 6) is 0.911. The summed E-state index contributed by atoms with van der Waals surface area (Å²) in [7, 11) is 5.71. The fraction of sp³-hybridized carbons (Fsp3) is 0.292. The predicted molar refractivity (Wildman–Crippen MR) is 115 cm³/mol. The van der Waals surface area contributed by atoms with Gasteiger partial charge in [-0.15, -0.1) is 0 Å². The van der Waals surface area contributed by atoms with E-state index in [0.29, 0.717) is 13.0 Å². The summed E-state index contributed by atoms with van der Waals surface area (Å²) in [6, 6.07) is 22.8. The van der Waals surface area contributed by atoms with E-state index in [1.165, 1.54) is 16.3 Å². The van der Waals surface area contributed by atoms with Crippen molar-refractivity contribution in [2.45, 2.75) is 18.9 Å². The van der Waals surface area contributed by atoms with Crippen molar-refractivity contribution in [3.8, 4) is 5.75 Å². The standard InChI is InChI=1S/C24H28N2O2/c1-26(2)23(20-11-13-22(28-3)14-12-20)17-25-24(27)15-9-18-8-10-19-6-4-5-7-21(19)16-18/h4-8,10-14,16,23H,9,15,17H2,1-3H3,(H,25,27). The summed E-state index contributed by atoms with van der Waals surface area (Å²) in [4.78, 5) is 14.5. The highest BCUT2D eigenvalue weighted by atomic mass is 16.5. The number of carbonyl (C=O) groups is 1. The largest absolute Gasteiger partial charge is 0.497 e. The van der Waals surface area contributed by atoms with Gasteiger partial charge in [0, 0.05) is 13.0 Å². The molecule has 4 heteroatoms. The fourth-order valence-corrected chi connectivity index (χ4v) is 3.38. The maximum absolute atomic E-state index is 12.4. The summed E-state index contributed by atoms with van der Waals surface area (Å²) in [5.41, 5.74) is 2.34. The average molecular weight is 377 g/mol. The molecule has 0 bridgehead atoms. The molecule has 0 spiro atoms. The van der Waals surface area contributed by atoms with Crippen LogP contribution in [0.1, 0.15) is 23.6 Å². The maximum atomic E-state index is 12.4. The van der Waals surface area contributed by atoms with Crippen LogP contribution in [-0.2, 0) is 11.2 Å². The normalized spacial score (nSPS) is 12.1. The summed E-state index contributed by atoms with van der Waals surface area (Å²) >= 11 is 0. The Morgan fingerprint density at radius 1 is 1.00 bits per heavy atom. The van der Waals surface area contributed by atoms with Gasteiger partial charge >= 0.3 is 0 Å². The summed E-state index contributed by atoms with van der Waals surface area (Å²) in [5, 5.41) is 5.53. The van der Waals surface area contributed by atoms with E-state index in [9.17, 15) is 4.79 Å². The third kappa shape index (κ3) is 5.11. The number of amides is 1. The number of fused-ring (bicyclic) bond motifs is 1. The van der Waals surface area contributed by atoms with Crippen LogP contribution >= 0.6 is 0 Å². The van der Waals surface area contributed by atoms with E-state index in [2.05, 4.69) is 40.5 Å². The SMILES string of the molecule is COc1ccc(C(CNC(=O)CCc2ccc3ccccc3c2)N(C)C)cc1. The lowest BCUT2D eigenvalue weighted by Gasteiger charge is -2.25. The van der Waals surface area contributed by atoms with E-state index in [1.54, 1.807) is 7.11 Å². The molecule has 0 radical (unpaired) electrons. The van der Waals surface area contributed by atoms with Gasteiger partial charge in [-0.2, -0.15) is 0 Å². The van der Waals surface area contributed by atoms with Gasteiger partial charge in [0.25, 0.3) is 0 Å². The highest BCUT2D eigenvalue weighted by molar-refractivity contribution is 5.83. The van der Waals surface area contributed by atoms with Gasteiger partial charge in [-0.3, -0.25) is 4.79 Å². The second-order valence-electron chi connectivity index (χ2n) is 7.24. The fourth-order valence-electron chi connectivity index (χ4n) is 3.38. The molecule has 1 unspecified atom stereocenters. The number of carbonyl (C=O) groups excluding carboxylic acids is 1. The number of rotatable bonds is 8. The van der Waals surface area contributed by atoms with E-state index < -0.39 is 0 Å². The molecule has 0 aliphatic rings. The van der Waals surface area contributed by atoms with Crippen LogP contribution < -0.4 is 10.1 Å². The maximum Gasteiger partial charge on any atom is 0.220 e. The van der Waals surface area contributed by atoms with Gasteiger partial charge in [0.05, 0.1) is 13.2 Å². The van der Waals surface area contributed by atoms with Crippen LogP contribution in [0.5, 0.6) is 5.75 Å². The minimum absolute atomic E-state index is 0.0773. The van der Waals surface area contributed by atoms with Gasteiger partial charge in [-0.05, 0) is 54.5 Å². The predicted octanol–water partition coefficient (Wildman–Crippen LogP) is 4.20. The van der Waals surface area contributed by atoms with Gasteiger partial charge in [0.2, 0.25) is 5.91 Å². The first-order valence-corrected chi connectivity index (χ1v) is 9.61. The Morgan fingerprint density at radius 2 is 1.71 bits per heavy atom. The second kappa shape index (κ2) is 9.38. The number of nitrogens with one attached hydrogen (secondary N) is 1. The molecule has 0 heterocycles. The van der Waals surface area contributed by atoms with Gasteiger partial charge < -0.3 is 15.0 Å². The zero-order valence-corrected chi connectivity index (χ0v) is 16.8. The molecular weight excluding hydrogens is 348 g/mol. The van der Waals surface area contributed by atoms with Crippen molar-refractivity contribution in [3.63, 3.8) is 0 Å². The molecule has 3 aromatic rings. The monoisotopic (exact) mass is 376 g/mol. The number of ether oxygens (including phenoxy) is 1. The van der Waals surface area contributed by atoms with E-state index in [1.807, 2.05) is 50.5 Å². The molecule has 0 aromatic heterocycles. The Hall–Kier alpha value is -2.85. The molecule has 0 aliphatic carbocycles. The smallest absolute Gasteiger partial charge is 0.220 e. The van der Waals surface area contributed by atoms with Crippen molar-refractivity contribution >= 4 is 16.7 Å². The van der Waals surface area contributed by atoms with Gasteiger partial charge in [0.1, 0.15) is 5.75 Å². The molecular formula is C24H28N2O2. The number of nitrogens with zero attached hydrogens (tertiary/aromatic N) is 1. The number of methoxy groups -OCH3 is 1. The molecule has 0 saturated carbocycles. The Balaban J connectivity index is 1.55. The zero-order valence-electron chi connectivity index (χ0n) is 16.8. The van der Waals surface area contributed by atoms with E-state index in [4.69, 9.17) is 4.74 Å². The van der Waals surface area contributed by atoms with Crippen molar-refractivity contribution in [1.29, 1.82) is 0 Å². The zero-order chi connectivity index (χ0) is 19.9. The number of likely N-dealkylation sites (N-methyl/N-ethyl adjacent to an activating group) is 1. The molecule has 0 fully saturated rings. The van der Waals surface area contributed by atoms with Crippen LogP contribution in [0.25, 0.3) is 10.8 Å². The molecule has 1 amide bonds. The summed E-state index contributed by atoms with van der Waals surface area (Å²) in [6.07, 6.45) is 1.23. The molecule has 1 atom stereocenters. The Kier molecular flexibility index (Phi) is 6.66. The molecule has 0 aliphatic heterocycles. The molecule has 28 heavy (non-hydrogen) atoms. The van der Waals surface area contributed by atoms with Crippen LogP contribution in [0.15, 0.2) is 66.7 Å². The lowest BCUT2D eigenvalue weighted by atomic mass is 10.0. The Bertz CT molecular complexity index is 919. The van der Waals surface area contributed by atoms with Gasteiger partial charge in [-0.25, -0.2) is 0 Å². The third-order valence-electron chi connectivity index (χ3n) is 5.07. The molecule has 3 aromatic carbocycles. The first kappa shape index (κ1) is 19.9.